The van der Waals surface area contributed by atoms with Gasteiger partial charge in [-0.05, 0) is 37.8 Å². The lowest BCUT2D eigenvalue weighted by Crippen LogP contribution is -2.36. The Bertz CT molecular complexity index is 345. The van der Waals surface area contributed by atoms with Gasteiger partial charge in [-0.3, -0.25) is 0 Å². The van der Waals surface area contributed by atoms with Gasteiger partial charge in [0.05, 0.1) is 5.60 Å². The van der Waals surface area contributed by atoms with Crippen LogP contribution < -0.4 is 5.32 Å². The third kappa shape index (κ3) is 3.80. The van der Waals surface area contributed by atoms with Crippen LogP contribution >= 0.6 is 0 Å². The van der Waals surface area contributed by atoms with Gasteiger partial charge in [0, 0.05) is 19.8 Å². The van der Waals surface area contributed by atoms with Crippen molar-refractivity contribution in [1.82, 2.24) is 5.32 Å². The molecule has 3 heteroatoms. The SMILES string of the molecule is CC(O)(CNCCC1CCOC1)c1ccccc1. The molecule has 1 aromatic rings. The summed E-state index contributed by atoms with van der Waals surface area (Å²) in [5, 5.41) is 13.7. The zero-order valence-corrected chi connectivity index (χ0v) is 11.1. The van der Waals surface area contributed by atoms with Crippen molar-refractivity contribution in [2.45, 2.75) is 25.4 Å². The van der Waals surface area contributed by atoms with Crippen LogP contribution in [0.15, 0.2) is 30.3 Å². The molecule has 3 nitrogen and oxygen atoms in total. The summed E-state index contributed by atoms with van der Waals surface area (Å²) in [7, 11) is 0. The second-order valence-electron chi connectivity index (χ2n) is 5.33. The Hall–Kier alpha value is -0.900. The minimum Gasteiger partial charge on any atom is -0.384 e. The molecule has 0 aromatic heterocycles. The molecule has 18 heavy (non-hydrogen) atoms. The molecule has 100 valence electrons. The Kier molecular flexibility index (Phi) is 4.75. The first-order valence-corrected chi connectivity index (χ1v) is 6.75. The molecule has 2 rings (SSSR count). The van der Waals surface area contributed by atoms with Crippen molar-refractivity contribution in [2.75, 3.05) is 26.3 Å². The quantitative estimate of drug-likeness (QED) is 0.757. The molecule has 1 saturated heterocycles. The zero-order chi connectivity index (χ0) is 12.8. The van der Waals surface area contributed by atoms with E-state index >= 15 is 0 Å². The van der Waals surface area contributed by atoms with E-state index in [1.807, 2.05) is 37.3 Å². The molecule has 1 fully saturated rings. The van der Waals surface area contributed by atoms with E-state index in [-0.39, 0.29) is 0 Å². The Morgan fingerprint density at radius 1 is 1.39 bits per heavy atom. The molecule has 1 aromatic carbocycles. The molecule has 0 spiro atoms. The van der Waals surface area contributed by atoms with Gasteiger partial charge in [-0.25, -0.2) is 0 Å². The monoisotopic (exact) mass is 249 g/mol. The van der Waals surface area contributed by atoms with E-state index in [4.69, 9.17) is 4.74 Å². The van der Waals surface area contributed by atoms with Crippen LogP contribution in [0.5, 0.6) is 0 Å². The Balaban J connectivity index is 1.71. The fourth-order valence-corrected chi connectivity index (χ4v) is 2.35. The number of aliphatic hydroxyl groups is 1. The number of benzene rings is 1. The molecule has 2 atom stereocenters. The van der Waals surface area contributed by atoms with Crippen molar-refractivity contribution in [3.8, 4) is 0 Å². The Morgan fingerprint density at radius 3 is 2.83 bits per heavy atom. The van der Waals surface area contributed by atoms with Gasteiger partial charge in [0.15, 0.2) is 0 Å². The maximum atomic E-state index is 10.4. The van der Waals surface area contributed by atoms with Crippen LogP contribution in [0.3, 0.4) is 0 Å². The van der Waals surface area contributed by atoms with Crippen molar-refractivity contribution in [1.29, 1.82) is 0 Å². The van der Waals surface area contributed by atoms with Crippen LogP contribution in [0.25, 0.3) is 0 Å². The molecule has 1 aliphatic heterocycles. The highest BCUT2D eigenvalue weighted by Crippen LogP contribution is 2.19. The average Bonchev–Trinajstić information content (AvgIpc) is 2.89. The van der Waals surface area contributed by atoms with Gasteiger partial charge in [-0.1, -0.05) is 30.3 Å². The standard InChI is InChI=1S/C15H23NO2/c1-15(17,14-5-3-2-4-6-14)12-16-9-7-13-8-10-18-11-13/h2-6,13,16-17H,7-12H2,1H3. The number of hydrogen-bond acceptors (Lipinski definition) is 3. The van der Waals surface area contributed by atoms with Gasteiger partial charge in [0.25, 0.3) is 0 Å². The lowest BCUT2D eigenvalue weighted by molar-refractivity contribution is 0.0567. The predicted octanol–water partition coefficient (Wildman–Crippen LogP) is 1.91. The van der Waals surface area contributed by atoms with E-state index in [2.05, 4.69) is 5.32 Å². The van der Waals surface area contributed by atoms with Gasteiger partial charge < -0.3 is 15.2 Å². The molecule has 1 heterocycles. The summed E-state index contributed by atoms with van der Waals surface area (Å²) in [6, 6.07) is 9.81. The molecular formula is C15H23NO2. The van der Waals surface area contributed by atoms with E-state index in [1.54, 1.807) is 0 Å². The first-order chi connectivity index (χ1) is 8.68. The third-order valence-electron chi connectivity index (χ3n) is 3.62. The summed E-state index contributed by atoms with van der Waals surface area (Å²) in [6.45, 7) is 5.19. The number of hydrogen-bond donors (Lipinski definition) is 2. The summed E-state index contributed by atoms with van der Waals surface area (Å²) in [6.07, 6.45) is 2.31. The second kappa shape index (κ2) is 6.32. The number of rotatable bonds is 6. The van der Waals surface area contributed by atoms with E-state index < -0.39 is 5.60 Å². The Morgan fingerprint density at radius 2 is 2.17 bits per heavy atom. The number of ether oxygens (including phenoxy) is 1. The maximum Gasteiger partial charge on any atom is 0.0992 e. The van der Waals surface area contributed by atoms with Gasteiger partial charge in [0.1, 0.15) is 0 Å². The van der Waals surface area contributed by atoms with E-state index in [1.165, 1.54) is 6.42 Å². The third-order valence-corrected chi connectivity index (χ3v) is 3.62. The molecule has 0 saturated carbocycles. The maximum absolute atomic E-state index is 10.4. The van der Waals surface area contributed by atoms with Crippen LogP contribution in [0.2, 0.25) is 0 Å². The lowest BCUT2D eigenvalue weighted by atomic mass is 9.96. The minimum atomic E-state index is -0.798. The van der Waals surface area contributed by atoms with Crippen molar-refractivity contribution in [3.63, 3.8) is 0 Å². The summed E-state index contributed by atoms with van der Waals surface area (Å²) in [4.78, 5) is 0. The summed E-state index contributed by atoms with van der Waals surface area (Å²) in [5.41, 5.74) is 0.162. The summed E-state index contributed by atoms with van der Waals surface area (Å²) in [5.74, 6) is 0.694. The smallest absolute Gasteiger partial charge is 0.0992 e. The van der Waals surface area contributed by atoms with Crippen LogP contribution in [-0.2, 0) is 10.3 Å². The predicted molar refractivity (Wildman–Crippen MR) is 72.4 cm³/mol. The molecule has 0 aliphatic carbocycles. The van der Waals surface area contributed by atoms with E-state index in [9.17, 15) is 5.11 Å². The van der Waals surface area contributed by atoms with Crippen LogP contribution in [0, 0.1) is 5.92 Å². The highest BCUT2D eigenvalue weighted by atomic mass is 16.5. The lowest BCUT2D eigenvalue weighted by Gasteiger charge is -2.24. The van der Waals surface area contributed by atoms with Crippen LogP contribution in [0.1, 0.15) is 25.3 Å². The van der Waals surface area contributed by atoms with Gasteiger partial charge in [0.2, 0.25) is 0 Å². The second-order valence-corrected chi connectivity index (χ2v) is 5.33. The zero-order valence-electron chi connectivity index (χ0n) is 11.1. The van der Waals surface area contributed by atoms with E-state index in [0.29, 0.717) is 12.5 Å². The normalized spacial score (nSPS) is 22.9. The first kappa shape index (κ1) is 13.5. The van der Waals surface area contributed by atoms with Gasteiger partial charge >= 0.3 is 0 Å². The van der Waals surface area contributed by atoms with Crippen molar-refractivity contribution < 1.29 is 9.84 Å². The molecule has 1 aliphatic rings. The molecule has 0 radical (unpaired) electrons. The molecule has 2 unspecified atom stereocenters. The highest BCUT2D eigenvalue weighted by Gasteiger charge is 2.22. The van der Waals surface area contributed by atoms with Crippen LogP contribution in [-0.4, -0.2) is 31.4 Å². The minimum absolute atomic E-state index is 0.588. The van der Waals surface area contributed by atoms with Crippen molar-refractivity contribution >= 4 is 0 Å². The highest BCUT2D eigenvalue weighted by molar-refractivity contribution is 5.21. The molecule has 0 amide bonds. The topological polar surface area (TPSA) is 41.5 Å². The molecule has 0 bridgehead atoms. The van der Waals surface area contributed by atoms with Crippen LogP contribution in [0.4, 0.5) is 0 Å². The number of nitrogens with one attached hydrogen (secondary N) is 1. The summed E-state index contributed by atoms with van der Waals surface area (Å²) < 4.78 is 5.35. The van der Waals surface area contributed by atoms with Gasteiger partial charge in [-0.2, -0.15) is 0 Å². The Labute approximate surface area is 109 Å². The molecular weight excluding hydrogens is 226 g/mol. The first-order valence-electron chi connectivity index (χ1n) is 6.75. The fourth-order valence-electron chi connectivity index (χ4n) is 2.35. The van der Waals surface area contributed by atoms with Crippen molar-refractivity contribution in [3.05, 3.63) is 35.9 Å². The van der Waals surface area contributed by atoms with Gasteiger partial charge in [-0.15, -0.1) is 0 Å². The average molecular weight is 249 g/mol. The largest absolute Gasteiger partial charge is 0.384 e. The molecule has 2 N–H and O–H groups in total. The fraction of sp³-hybridized carbons (Fsp3) is 0.600. The van der Waals surface area contributed by atoms with E-state index in [0.717, 1.165) is 31.7 Å². The van der Waals surface area contributed by atoms with Crippen molar-refractivity contribution in [2.24, 2.45) is 5.92 Å². The summed E-state index contributed by atoms with van der Waals surface area (Å²) >= 11 is 0.